The number of para-hydroxylation sites is 2. The second kappa shape index (κ2) is 6.30. The molecule has 2 aromatic carbocycles. The molecule has 0 unspecified atom stereocenters. The summed E-state index contributed by atoms with van der Waals surface area (Å²) < 4.78 is 15.8. The molecule has 0 spiro atoms. The summed E-state index contributed by atoms with van der Waals surface area (Å²) in [5, 5.41) is 0. The number of nitrogens with two attached hydrogens (primary N) is 1. The Morgan fingerprint density at radius 3 is 1.47 bits per heavy atom. The predicted molar refractivity (Wildman–Crippen MR) is 65.2 cm³/mol. The van der Waals surface area contributed by atoms with Gasteiger partial charge in [0.1, 0.15) is 0 Å². The van der Waals surface area contributed by atoms with E-state index in [-0.39, 0.29) is 0 Å². The summed E-state index contributed by atoms with van der Waals surface area (Å²) >= 11 is -2.46. The van der Waals surface area contributed by atoms with E-state index in [1.165, 1.54) is 0 Å². The van der Waals surface area contributed by atoms with Crippen molar-refractivity contribution in [3.05, 3.63) is 60.7 Å². The zero-order valence-corrected chi connectivity index (χ0v) is 10.9. The Balaban J connectivity index is 1.98. The summed E-state index contributed by atoms with van der Waals surface area (Å²) in [4.78, 5) is 0. The van der Waals surface area contributed by atoms with Gasteiger partial charge in [0.15, 0.2) is 0 Å². The third kappa shape index (κ3) is 3.78. The van der Waals surface area contributed by atoms with Crippen LogP contribution in [0.2, 0.25) is 0 Å². The fourth-order valence-corrected chi connectivity index (χ4v) is 2.69. The molecule has 2 rings (SSSR count). The van der Waals surface area contributed by atoms with Crippen LogP contribution in [-0.2, 0) is 3.83 Å². The molecule has 0 saturated carbocycles. The normalized spacial score (nSPS) is 10.2. The molecule has 0 aliphatic heterocycles. The van der Waals surface area contributed by atoms with Gasteiger partial charge in [-0.3, -0.25) is 0 Å². The Kier molecular flexibility index (Phi) is 4.44. The molecular weight excluding hydrogens is 281 g/mol. The number of benzene rings is 2. The third-order valence-corrected chi connectivity index (χ3v) is 3.80. The van der Waals surface area contributed by atoms with Gasteiger partial charge in [-0.2, -0.15) is 0 Å². The minimum absolute atomic E-state index is 0.689. The van der Waals surface area contributed by atoms with Gasteiger partial charge in [0.25, 0.3) is 0 Å². The Morgan fingerprint density at radius 2 is 1.12 bits per heavy atom. The standard InChI is InChI=1S/C12H12AsNO3/c14-17-13(15-11-7-3-1-4-8-11)16-12-9-5-2-6-10-12/h1-10H,14H2. The number of hydrogen-bond acceptors (Lipinski definition) is 4. The van der Waals surface area contributed by atoms with Crippen LogP contribution in [0.25, 0.3) is 0 Å². The predicted octanol–water partition coefficient (Wildman–Crippen LogP) is 2.02. The van der Waals surface area contributed by atoms with Crippen molar-refractivity contribution in [3.8, 4) is 11.5 Å². The molecule has 0 aliphatic carbocycles. The van der Waals surface area contributed by atoms with Crippen LogP contribution in [-0.4, -0.2) is 15.7 Å². The maximum atomic E-state index is 5.54. The Labute approximate surface area is 105 Å². The van der Waals surface area contributed by atoms with Crippen molar-refractivity contribution in [3.63, 3.8) is 0 Å². The molecule has 2 aromatic rings. The van der Waals surface area contributed by atoms with E-state index < -0.39 is 15.7 Å². The van der Waals surface area contributed by atoms with Gasteiger partial charge in [0.05, 0.1) is 0 Å². The summed E-state index contributed by atoms with van der Waals surface area (Å²) in [6.07, 6.45) is 0. The molecule has 17 heavy (non-hydrogen) atoms. The zero-order chi connectivity index (χ0) is 11.9. The molecule has 0 bridgehead atoms. The molecule has 0 fully saturated rings. The van der Waals surface area contributed by atoms with Crippen molar-refractivity contribution in [2.45, 2.75) is 0 Å². The van der Waals surface area contributed by atoms with E-state index in [9.17, 15) is 0 Å². The van der Waals surface area contributed by atoms with Gasteiger partial charge >= 0.3 is 105 Å². The molecule has 0 heterocycles. The first-order valence-electron chi connectivity index (χ1n) is 5.01. The van der Waals surface area contributed by atoms with E-state index in [1.54, 1.807) is 0 Å². The fourth-order valence-electron chi connectivity index (χ4n) is 1.20. The van der Waals surface area contributed by atoms with Gasteiger partial charge in [-0.05, 0) is 0 Å². The topological polar surface area (TPSA) is 53.7 Å². The summed E-state index contributed by atoms with van der Waals surface area (Å²) in [5.41, 5.74) is 0. The summed E-state index contributed by atoms with van der Waals surface area (Å²) in [5.74, 6) is 6.56. The van der Waals surface area contributed by atoms with Crippen molar-refractivity contribution in [2.75, 3.05) is 0 Å². The average Bonchev–Trinajstić information content (AvgIpc) is 2.40. The summed E-state index contributed by atoms with van der Waals surface area (Å²) in [7, 11) is 0. The first-order chi connectivity index (χ1) is 8.38. The van der Waals surface area contributed by atoms with Crippen molar-refractivity contribution < 1.29 is 11.3 Å². The molecule has 0 amide bonds. The van der Waals surface area contributed by atoms with Crippen LogP contribution in [0.3, 0.4) is 0 Å². The minimum atomic E-state index is -2.46. The second-order valence-corrected chi connectivity index (χ2v) is 5.28. The van der Waals surface area contributed by atoms with E-state index in [0.29, 0.717) is 11.5 Å². The average molecular weight is 293 g/mol. The molecule has 88 valence electrons. The number of rotatable bonds is 5. The molecule has 0 radical (unpaired) electrons. The molecule has 5 heteroatoms. The van der Waals surface area contributed by atoms with Gasteiger partial charge < -0.3 is 0 Å². The van der Waals surface area contributed by atoms with Crippen LogP contribution in [0.15, 0.2) is 60.7 Å². The summed E-state index contributed by atoms with van der Waals surface area (Å²) in [6.45, 7) is 0. The quantitative estimate of drug-likeness (QED) is 0.677. The molecule has 0 aliphatic rings. The molecule has 0 saturated heterocycles. The van der Waals surface area contributed by atoms with Crippen LogP contribution < -0.4 is 13.3 Å². The first kappa shape index (κ1) is 12.0. The van der Waals surface area contributed by atoms with Crippen LogP contribution in [0, 0.1) is 0 Å². The van der Waals surface area contributed by atoms with Crippen molar-refractivity contribution >= 4 is 15.7 Å². The van der Waals surface area contributed by atoms with Gasteiger partial charge in [-0.25, -0.2) is 0 Å². The SMILES string of the molecule is NO[As](Oc1ccccc1)Oc1ccccc1. The molecule has 4 nitrogen and oxygen atoms in total. The number of hydrogen-bond donors (Lipinski definition) is 1. The molecule has 0 aromatic heterocycles. The van der Waals surface area contributed by atoms with Gasteiger partial charge in [0, 0.05) is 0 Å². The Bertz CT molecular complexity index is 397. The van der Waals surface area contributed by atoms with Crippen LogP contribution in [0.1, 0.15) is 0 Å². The van der Waals surface area contributed by atoms with Gasteiger partial charge in [0.2, 0.25) is 0 Å². The van der Waals surface area contributed by atoms with Crippen molar-refractivity contribution in [1.82, 2.24) is 0 Å². The van der Waals surface area contributed by atoms with Gasteiger partial charge in [-0.15, -0.1) is 0 Å². The zero-order valence-electron chi connectivity index (χ0n) is 9.02. The molecular formula is C12H12AsNO3. The second-order valence-electron chi connectivity index (χ2n) is 3.14. The van der Waals surface area contributed by atoms with Crippen molar-refractivity contribution in [2.24, 2.45) is 5.90 Å². The van der Waals surface area contributed by atoms with E-state index in [4.69, 9.17) is 17.2 Å². The van der Waals surface area contributed by atoms with Crippen LogP contribution >= 0.6 is 0 Å². The first-order valence-corrected chi connectivity index (χ1v) is 7.31. The monoisotopic (exact) mass is 293 g/mol. The molecule has 0 atom stereocenters. The van der Waals surface area contributed by atoms with E-state index in [2.05, 4.69) is 0 Å². The molecule has 2 N–H and O–H groups in total. The van der Waals surface area contributed by atoms with Gasteiger partial charge in [-0.1, -0.05) is 0 Å². The third-order valence-electron chi connectivity index (χ3n) is 1.93. The maximum absolute atomic E-state index is 5.54. The Morgan fingerprint density at radius 1 is 0.706 bits per heavy atom. The summed E-state index contributed by atoms with van der Waals surface area (Å²) in [6, 6.07) is 18.6. The van der Waals surface area contributed by atoms with Crippen LogP contribution in [0.4, 0.5) is 0 Å². The fraction of sp³-hybridized carbons (Fsp3) is 0. The van der Waals surface area contributed by atoms with Crippen LogP contribution in [0.5, 0.6) is 11.5 Å². The van der Waals surface area contributed by atoms with E-state index in [0.717, 1.165) is 0 Å². The van der Waals surface area contributed by atoms with E-state index in [1.807, 2.05) is 60.7 Å². The van der Waals surface area contributed by atoms with Crippen molar-refractivity contribution in [1.29, 1.82) is 0 Å². The van der Waals surface area contributed by atoms with E-state index >= 15 is 0 Å². The Hall–Kier alpha value is -1.48.